The predicted octanol–water partition coefficient (Wildman–Crippen LogP) is 2.36. The van der Waals surface area contributed by atoms with Crippen molar-refractivity contribution in [3.8, 4) is 23.0 Å². The lowest BCUT2D eigenvalue weighted by atomic mass is 10.1. The van der Waals surface area contributed by atoms with E-state index in [0.29, 0.717) is 17.2 Å². The van der Waals surface area contributed by atoms with Crippen LogP contribution in [0.2, 0.25) is 0 Å². The second-order valence-corrected chi connectivity index (χ2v) is 8.62. The van der Waals surface area contributed by atoms with Crippen molar-refractivity contribution in [2.75, 3.05) is 45.5 Å². The maximum absolute atomic E-state index is 12.7. The van der Waals surface area contributed by atoms with Crippen LogP contribution in [0.5, 0.6) is 23.0 Å². The Morgan fingerprint density at radius 1 is 0.935 bits per heavy atom. The smallest absolute Gasteiger partial charge is 0.241 e. The van der Waals surface area contributed by atoms with Crippen molar-refractivity contribution in [3.63, 3.8) is 0 Å². The van der Waals surface area contributed by atoms with Crippen molar-refractivity contribution >= 4 is 21.6 Å². The molecule has 0 aliphatic heterocycles. The fraction of sp³-hybridized carbons (Fsp3) is 0.381. The minimum Gasteiger partial charge on any atom is -0.497 e. The molecule has 0 unspecified atom stereocenters. The topological polar surface area (TPSA) is 103 Å². The number of carbonyl (C=O) groups is 1. The number of nitrogens with one attached hydrogen (secondary N) is 1. The van der Waals surface area contributed by atoms with Crippen LogP contribution in [0.25, 0.3) is 0 Å². The van der Waals surface area contributed by atoms with Crippen LogP contribution >= 0.6 is 0 Å². The molecule has 0 saturated heterocycles. The molecule has 10 heteroatoms. The molecular formula is C21H28N2O7S. The second-order valence-electron chi connectivity index (χ2n) is 6.71. The Kier molecular flexibility index (Phi) is 7.98. The largest absolute Gasteiger partial charge is 0.497 e. The monoisotopic (exact) mass is 452 g/mol. The van der Waals surface area contributed by atoms with Crippen molar-refractivity contribution in [1.82, 2.24) is 5.32 Å². The maximum atomic E-state index is 12.7. The molecule has 170 valence electrons. The highest BCUT2D eigenvalue weighted by Gasteiger charge is 2.25. The molecule has 1 atom stereocenters. The van der Waals surface area contributed by atoms with E-state index >= 15 is 0 Å². The lowest BCUT2D eigenvalue weighted by molar-refractivity contribution is -0.120. The molecule has 0 aliphatic rings. The number of methoxy groups -OCH3 is 4. The number of hydrogen-bond donors (Lipinski definition) is 1. The number of anilines is 1. The summed E-state index contributed by atoms with van der Waals surface area (Å²) in [5.74, 6) is 1.39. The van der Waals surface area contributed by atoms with Crippen LogP contribution in [0.3, 0.4) is 0 Å². The number of amides is 1. The highest BCUT2D eigenvalue weighted by atomic mass is 32.2. The molecule has 9 nitrogen and oxygen atoms in total. The summed E-state index contributed by atoms with van der Waals surface area (Å²) in [4.78, 5) is 12.7. The summed E-state index contributed by atoms with van der Waals surface area (Å²) in [5, 5.41) is 2.81. The molecule has 0 aromatic heterocycles. The third kappa shape index (κ3) is 5.94. The molecule has 0 aliphatic carbocycles. The molecule has 1 amide bonds. The molecule has 31 heavy (non-hydrogen) atoms. The van der Waals surface area contributed by atoms with Gasteiger partial charge in [-0.05, 0) is 36.8 Å². The minimum atomic E-state index is -3.77. The average molecular weight is 453 g/mol. The van der Waals surface area contributed by atoms with E-state index in [1.807, 2.05) is 0 Å². The van der Waals surface area contributed by atoms with Gasteiger partial charge in [0, 0.05) is 6.07 Å². The van der Waals surface area contributed by atoms with Gasteiger partial charge in [0.2, 0.25) is 15.9 Å². The first-order valence-electron chi connectivity index (χ1n) is 9.35. The van der Waals surface area contributed by atoms with Gasteiger partial charge in [-0.2, -0.15) is 0 Å². The molecule has 2 aromatic rings. The first-order valence-corrected chi connectivity index (χ1v) is 11.2. The normalized spacial score (nSPS) is 11.9. The van der Waals surface area contributed by atoms with E-state index in [1.54, 1.807) is 37.3 Å². The van der Waals surface area contributed by atoms with Gasteiger partial charge in [-0.1, -0.05) is 6.07 Å². The average Bonchev–Trinajstić information content (AvgIpc) is 2.75. The van der Waals surface area contributed by atoms with E-state index in [-0.39, 0.29) is 11.4 Å². The lowest BCUT2D eigenvalue weighted by Crippen LogP contribution is -2.41. The molecule has 0 spiro atoms. The van der Waals surface area contributed by atoms with E-state index in [4.69, 9.17) is 18.9 Å². The van der Waals surface area contributed by atoms with E-state index < -0.39 is 28.5 Å². The predicted molar refractivity (Wildman–Crippen MR) is 118 cm³/mol. The van der Waals surface area contributed by atoms with Crippen LogP contribution < -0.4 is 28.6 Å². The van der Waals surface area contributed by atoms with Crippen LogP contribution in [0, 0.1) is 0 Å². The van der Waals surface area contributed by atoms with Crippen molar-refractivity contribution in [3.05, 3.63) is 42.0 Å². The molecule has 0 saturated carbocycles. The fourth-order valence-electron chi connectivity index (χ4n) is 3.00. The zero-order valence-electron chi connectivity index (χ0n) is 18.5. The Bertz CT molecular complexity index is 1020. The molecule has 0 radical (unpaired) electrons. The number of ether oxygens (including phenoxy) is 4. The summed E-state index contributed by atoms with van der Waals surface area (Å²) in [6.07, 6.45) is 1.03. The Morgan fingerprint density at radius 2 is 1.58 bits per heavy atom. The van der Waals surface area contributed by atoms with Gasteiger partial charge in [-0.25, -0.2) is 8.42 Å². The minimum absolute atomic E-state index is 0.236. The SMILES string of the molecule is COc1ccc(N(CC(=O)N[C@@H](C)c2ccc(OC)c(OC)c2)S(C)(=O)=O)c(OC)c1. The van der Waals surface area contributed by atoms with Crippen LogP contribution in [0.1, 0.15) is 18.5 Å². The Balaban J connectivity index is 2.24. The van der Waals surface area contributed by atoms with E-state index in [2.05, 4.69) is 5.32 Å². The Morgan fingerprint density at radius 3 is 2.13 bits per heavy atom. The number of benzene rings is 2. The number of hydrogen-bond acceptors (Lipinski definition) is 7. The second kappa shape index (κ2) is 10.3. The highest BCUT2D eigenvalue weighted by Crippen LogP contribution is 2.34. The van der Waals surface area contributed by atoms with Crippen molar-refractivity contribution in [2.24, 2.45) is 0 Å². The molecular weight excluding hydrogens is 424 g/mol. The summed E-state index contributed by atoms with van der Waals surface area (Å²) in [6, 6.07) is 9.58. The van der Waals surface area contributed by atoms with Gasteiger partial charge in [-0.15, -0.1) is 0 Å². The van der Waals surface area contributed by atoms with Gasteiger partial charge in [-0.3, -0.25) is 9.10 Å². The number of sulfonamides is 1. The molecule has 0 bridgehead atoms. The Labute approximate surface area is 182 Å². The maximum Gasteiger partial charge on any atom is 0.241 e. The zero-order chi connectivity index (χ0) is 23.2. The van der Waals surface area contributed by atoms with Gasteiger partial charge in [0.25, 0.3) is 0 Å². The van der Waals surface area contributed by atoms with Gasteiger partial charge in [0.1, 0.15) is 18.0 Å². The van der Waals surface area contributed by atoms with Gasteiger partial charge < -0.3 is 24.3 Å². The van der Waals surface area contributed by atoms with Gasteiger partial charge in [0.05, 0.1) is 46.4 Å². The first-order chi connectivity index (χ1) is 14.6. The number of rotatable bonds is 10. The van der Waals surface area contributed by atoms with Crippen LogP contribution in [0.4, 0.5) is 5.69 Å². The molecule has 2 rings (SSSR count). The summed E-state index contributed by atoms with van der Waals surface area (Å²) in [6.45, 7) is 1.37. The quantitative estimate of drug-likeness (QED) is 0.590. The summed E-state index contributed by atoms with van der Waals surface area (Å²) in [5.41, 5.74) is 1.01. The van der Waals surface area contributed by atoms with Crippen molar-refractivity contribution in [2.45, 2.75) is 13.0 Å². The summed E-state index contributed by atoms with van der Waals surface area (Å²) in [7, 11) is 2.20. The molecule has 2 aromatic carbocycles. The lowest BCUT2D eigenvalue weighted by Gasteiger charge is -2.25. The van der Waals surface area contributed by atoms with E-state index in [1.165, 1.54) is 34.5 Å². The fourth-order valence-corrected chi connectivity index (χ4v) is 3.85. The first kappa shape index (κ1) is 24.1. The van der Waals surface area contributed by atoms with Crippen LogP contribution in [-0.4, -0.2) is 55.6 Å². The molecule has 0 heterocycles. The zero-order valence-corrected chi connectivity index (χ0v) is 19.3. The highest BCUT2D eigenvalue weighted by molar-refractivity contribution is 7.92. The van der Waals surface area contributed by atoms with Gasteiger partial charge in [0.15, 0.2) is 11.5 Å². The van der Waals surface area contributed by atoms with Crippen molar-refractivity contribution in [1.29, 1.82) is 0 Å². The van der Waals surface area contributed by atoms with Crippen LogP contribution in [0.15, 0.2) is 36.4 Å². The van der Waals surface area contributed by atoms with E-state index in [0.717, 1.165) is 16.1 Å². The van der Waals surface area contributed by atoms with E-state index in [9.17, 15) is 13.2 Å². The summed E-state index contributed by atoms with van der Waals surface area (Å²) >= 11 is 0. The number of carbonyl (C=O) groups excluding carboxylic acids is 1. The molecule has 0 fully saturated rings. The van der Waals surface area contributed by atoms with Gasteiger partial charge >= 0.3 is 0 Å². The molecule has 1 N–H and O–H groups in total. The van der Waals surface area contributed by atoms with Crippen LogP contribution in [-0.2, 0) is 14.8 Å². The Hall–Kier alpha value is -3.14. The third-order valence-corrected chi connectivity index (χ3v) is 5.75. The van der Waals surface area contributed by atoms with Crippen molar-refractivity contribution < 1.29 is 32.2 Å². The number of nitrogens with zero attached hydrogens (tertiary/aromatic N) is 1. The standard InChI is InChI=1S/C21H28N2O7S/c1-14(15-7-10-18(28-3)20(11-15)30-5)22-21(24)13-23(31(6,25)26)17-9-8-16(27-2)12-19(17)29-4/h7-12,14H,13H2,1-6H3,(H,22,24)/t14-/m0/s1. The summed E-state index contributed by atoms with van der Waals surface area (Å²) < 4.78 is 46.8. The third-order valence-electron chi connectivity index (χ3n) is 4.63.